The van der Waals surface area contributed by atoms with Gasteiger partial charge in [-0.3, -0.25) is 4.79 Å². The van der Waals surface area contributed by atoms with Crippen LogP contribution in [0.4, 0.5) is 16.2 Å². The largest absolute Gasteiger partial charge is 0.494 e. The van der Waals surface area contributed by atoms with Crippen LogP contribution in [0.1, 0.15) is 57.3 Å². The van der Waals surface area contributed by atoms with E-state index in [2.05, 4.69) is 17.1 Å². The fourth-order valence-electron chi connectivity index (χ4n) is 3.77. The van der Waals surface area contributed by atoms with Crippen LogP contribution in [0.3, 0.4) is 0 Å². The van der Waals surface area contributed by atoms with Crippen LogP contribution >= 0.6 is 0 Å². The second-order valence-corrected chi connectivity index (χ2v) is 9.71. The number of amides is 2. The molecule has 2 aromatic carbocycles. The van der Waals surface area contributed by atoms with E-state index in [0.717, 1.165) is 49.5 Å². The molecule has 2 aromatic rings. The molecule has 2 amide bonds. The first-order valence-corrected chi connectivity index (χ1v) is 12.0. The molecule has 0 aromatic heterocycles. The highest BCUT2D eigenvalue weighted by atomic mass is 16.6. The van der Waals surface area contributed by atoms with Crippen LogP contribution in [0.2, 0.25) is 0 Å². The van der Waals surface area contributed by atoms with E-state index in [1.165, 1.54) is 0 Å². The number of hydrogen-bond donors (Lipinski definition) is 1. The van der Waals surface area contributed by atoms with Crippen LogP contribution in [-0.4, -0.2) is 55.3 Å². The number of nitrogens with one attached hydrogen (secondary N) is 1. The molecule has 1 atom stereocenters. The highest BCUT2D eigenvalue weighted by molar-refractivity contribution is 6.04. The third-order valence-electron chi connectivity index (χ3n) is 5.77. The zero-order chi connectivity index (χ0) is 24.7. The summed E-state index contributed by atoms with van der Waals surface area (Å²) in [5.41, 5.74) is 1.87. The molecule has 7 nitrogen and oxygen atoms in total. The molecule has 1 unspecified atom stereocenters. The lowest BCUT2D eigenvalue weighted by atomic mass is 10.2. The number of anilines is 2. The van der Waals surface area contributed by atoms with Crippen molar-refractivity contribution in [2.24, 2.45) is 0 Å². The van der Waals surface area contributed by atoms with Crippen molar-refractivity contribution in [2.75, 3.05) is 37.0 Å². The Balaban J connectivity index is 1.52. The van der Waals surface area contributed by atoms with Gasteiger partial charge in [-0.25, -0.2) is 4.79 Å². The molecule has 0 radical (unpaired) electrons. The maximum atomic E-state index is 12.6. The van der Waals surface area contributed by atoms with Crippen molar-refractivity contribution in [3.8, 4) is 5.75 Å². The third kappa shape index (κ3) is 7.14. The van der Waals surface area contributed by atoms with Crippen LogP contribution in [0.25, 0.3) is 0 Å². The summed E-state index contributed by atoms with van der Waals surface area (Å²) in [5.74, 6) is 0.615. The molecule has 1 fully saturated rings. The molecule has 1 heterocycles. The number of unbranched alkanes of at least 4 members (excludes halogenated alkanes) is 1. The van der Waals surface area contributed by atoms with Gasteiger partial charge in [0, 0.05) is 37.1 Å². The van der Waals surface area contributed by atoms with Gasteiger partial charge >= 0.3 is 6.09 Å². The first kappa shape index (κ1) is 25.4. The monoisotopic (exact) mass is 467 g/mol. The number of hydrogen-bond acceptors (Lipinski definition) is 5. The Morgan fingerprint density at radius 2 is 1.76 bits per heavy atom. The maximum absolute atomic E-state index is 12.6. The Kier molecular flexibility index (Phi) is 8.42. The minimum absolute atomic E-state index is 0.100. The molecule has 0 bridgehead atoms. The molecule has 1 N–H and O–H groups in total. The van der Waals surface area contributed by atoms with E-state index in [-0.39, 0.29) is 18.0 Å². The SMILES string of the molecule is CCCCOc1ccc(C(=O)Nc2ccc(N3CCC(N(C)C(=O)OC(C)(C)C)C3)cc2)cc1. The molecule has 0 aliphatic carbocycles. The van der Waals surface area contributed by atoms with E-state index in [0.29, 0.717) is 12.2 Å². The van der Waals surface area contributed by atoms with Crippen LogP contribution in [-0.2, 0) is 4.74 Å². The molecule has 34 heavy (non-hydrogen) atoms. The summed E-state index contributed by atoms with van der Waals surface area (Å²) in [7, 11) is 1.80. The smallest absolute Gasteiger partial charge is 0.410 e. The summed E-state index contributed by atoms with van der Waals surface area (Å²) in [5, 5.41) is 2.94. The van der Waals surface area contributed by atoms with E-state index >= 15 is 0 Å². The Bertz CT molecular complexity index is 951. The Labute approximate surface area is 203 Å². The minimum atomic E-state index is -0.506. The highest BCUT2D eigenvalue weighted by Crippen LogP contribution is 2.25. The number of carbonyl (C=O) groups excluding carboxylic acids is 2. The summed E-state index contributed by atoms with van der Waals surface area (Å²) in [6, 6.07) is 15.1. The molecule has 1 aliphatic heterocycles. The van der Waals surface area contributed by atoms with E-state index < -0.39 is 5.60 Å². The molecule has 7 heteroatoms. The molecule has 1 saturated heterocycles. The van der Waals surface area contributed by atoms with Crippen molar-refractivity contribution in [3.63, 3.8) is 0 Å². The second-order valence-electron chi connectivity index (χ2n) is 9.71. The Hall–Kier alpha value is -3.22. The lowest BCUT2D eigenvalue weighted by Gasteiger charge is -2.28. The lowest BCUT2D eigenvalue weighted by Crippen LogP contribution is -2.42. The van der Waals surface area contributed by atoms with Crippen molar-refractivity contribution in [1.82, 2.24) is 4.90 Å². The van der Waals surface area contributed by atoms with E-state index in [1.54, 1.807) is 24.1 Å². The first-order valence-electron chi connectivity index (χ1n) is 12.0. The van der Waals surface area contributed by atoms with Gasteiger partial charge in [0.05, 0.1) is 12.6 Å². The van der Waals surface area contributed by atoms with Crippen molar-refractivity contribution >= 4 is 23.4 Å². The predicted molar refractivity (Wildman–Crippen MR) is 136 cm³/mol. The van der Waals surface area contributed by atoms with Crippen molar-refractivity contribution in [1.29, 1.82) is 0 Å². The number of likely N-dealkylation sites (N-methyl/N-ethyl adjacent to an activating group) is 1. The summed E-state index contributed by atoms with van der Waals surface area (Å²) in [6.45, 7) is 10.0. The predicted octanol–water partition coefficient (Wildman–Crippen LogP) is 5.56. The van der Waals surface area contributed by atoms with Crippen LogP contribution < -0.4 is 15.0 Å². The third-order valence-corrected chi connectivity index (χ3v) is 5.77. The fraction of sp³-hybridized carbons (Fsp3) is 0.481. The van der Waals surface area contributed by atoms with Crippen LogP contribution in [0.5, 0.6) is 5.75 Å². The summed E-state index contributed by atoms with van der Waals surface area (Å²) in [4.78, 5) is 28.9. The Morgan fingerprint density at radius 1 is 1.09 bits per heavy atom. The number of carbonyl (C=O) groups is 2. The zero-order valence-corrected chi connectivity index (χ0v) is 21.0. The standard InChI is InChI=1S/C27H37N3O4/c1-6-7-18-33-24-14-8-20(9-15-24)25(31)28-21-10-12-22(13-11-21)30-17-16-23(19-30)29(5)26(32)34-27(2,3)4/h8-15,23H,6-7,16-19H2,1-5H3,(H,28,31). The maximum Gasteiger partial charge on any atom is 0.410 e. The van der Waals surface area contributed by atoms with Gasteiger partial charge in [0.25, 0.3) is 5.91 Å². The van der Waals surface area contributed by atoms with Gasteiger partial charge in [0.15, 0.2) is 0 Å². The molecule has 0 saturated carbocycles. The zero-order valence-electron chi connectivity index (χ0n) is 21.0. The van der Waals surface area contributed by atoms with Crippen LogP contribution in [0.15, 0.2) is 48.5 Å². The van der Waals surface area contributed by atoms with E-state index in [4.69, 9.17) is 9.47 Å². The summed E-state index contributed by atoms with van der Waals surface area (Å²) in [6.07, 6.45) is 2.68. The summed E-state index contributed by atoms with van der Waals surface area (Å²) < 4.78 is 11.1. The summed E-state index contributed by atoms with van der Waals surface area (Å²) >= 11 is 0. The normalized spacial score (nSPS) is 15.7. The first-order chi connectivity index (χ1) is 16.2. The van der Waals surface area contributed by atoms with Gasteiger partial charge in [-0.2, -0.15) is 0 Å². The van der Waals surface area contributed by atoms with Crippen molar-refractivity contribution in [3.05, 3.63) is 54.1 Å². The van der Waals surface area contributed by atoms with Gasteiger partial charge in [0.2, 0.25) is 0 Å². The van der Waals surface area contributed by atoms with Crippen LogP contribution in [0, 0.1) is 0 Å². The number of rotatable bonds is 8. The molecular formula is C27H37N3O4. The van der Waals surface area contributed by atoms with Crippen molar-refractivity contribution in [2.45, 2.75) is 58.6 Å². The average molecular weight is 468 g/mol. The Morgan fingerprint density at radius 3 is 2.38 bits per heavy atom. The van der Waals surface area contributed by atoms with Gasteiger partial charge in [-0.15, -0.1) is 0 Å². The van der Waals surface area contributed by atoms with Gasteiger partial charge in [-0.1, -0.05) is 13.3 Å². The van der Waals surface area contributed by atoms with Gasteiger partial charge < -0.3 is 24.6 Å². The van der Waals surface area contributed by atoms with E-state index in [9.17, 15) is 9.59 Å². The average Bonchev–Trinajstić information content (AvgIpc) is 3.29. The lowest BCUT2D eigenvalue weighted by molar-refractivity contribution is 0.0237. The minimum Gasteiger partial charge on any atom is -0.494 e. The highest BCUT2D eigenvalue weighted by Gasteiger charge is 2.31. The van der Waals surface area contributed by atoms with Crippen molar-refractivity contribution < 1.29 is 19.1 Å². The molecule has 1 aliphatic rings. The van der Waals surface area contributed by atoms with Gasteiger partial charge in [0.1, 0.15) is 11.4 Å². The quantitative estimate of drug-likeness (QED) is 0.515. The number of ether oxygens (including phenoxy) is 2. The molecule has 0 spiro atoms. The van der Waals surface area contributed by atoms with Gasteiger partial charge in [-0.05, 0) is 82.1 Å². The topological polar surface area (TPSA) is 71.1 Å². The molecular weight excluding hydrogens is 430 g/mol. The fourth-order valence-corrected chi connectivity index (χ4v) is 3.77. The molecule has 184 valence electrons. The number of nitrogens with zero attached hydrogens (tertiary/aromatic N) is 2. The number of benzene rings is 2. The molecule has 3 rings (SSSR count). The second kappa shape index (κ2) is 11.3. The van der Waals surface area contributed by atoms with E-state index in [1.807, 2.05) is 57.2 Å².